The Balaban J connectivity index is 2.10. The van der Waals surface area contributed by atoms with Gasteiger partial charge in [0.05, 0.1) is 10.4 Å². The largest absolute Gasteiger partial charge is 0.390 e. The zero-order valence-corrected chi connectivity index (χ0v) is 12.7. The first kappa shape index (κ1) is 15.9. The summed E-state index contributed by atoms with van der Waals surface area (Å²) in [6.07, 6.45) is 0.673. The molecule has 2 N–H and O–H groups in total. The third-order valence-electron chi connectivity index (χ3n) is 2.92. The van der Waals surface area contributed by atoms with Crippen molar-refractivity contribution in [1.29, 1.82) is 0 Å². The lowest BCUT2D eigenvalue weighted by atomic mass is 10.3. The van der Waals surface area contributed by atoms with Crippen LogP contribution in [0.2, 0.25) is 4.34 Å². The predicted molar refractivity (Wildman–Crippen MR) is 79.7 cm³/mol. The molecule has 0 bridgehead atoms. The van der Waals surface area contributed by atoms with Gasteiger partial charge in [0.2, 0.25) is 0 Å². The number of hydrogen-bond acceptors (Lipinski definition) is 4. The Morgan fingerprint density at radius 1 is 1.39 bits per heavy atom. The fraction of sp³-hybridized carbons (Fsp3) is 0.692. The van der Waals surface area contributed by atoms with Gasteiger partial charge in [-0.15, -0.1) is 11.3 Å². The van der Waals surface area contributed by atoms with E-state index >= 15 is 0 Å². The number of nitrogens with one attached hydrogen (secondary N) is 1. The van der Waals surface area contributed by atoms with E-state index in [2.05, 4.69) is 30.1 Å². The number of nitrogens with zero attached hydrogens (tertiary/aromatic N) is 1. The summed E-state index contributed by atoms with van der Waals surface area (Å²) in [5.74, 6) is 0. The summed E-state index contributed by atoms with van der Waals surface area (Å²) in [6, 6.07) is 3.98. The van der Waals surface area contributed by atoms with Gasteiger partial charge < -0.3 is 15.3 Å². The van der Waals surface area contributed by atoms with Crippen LogP contribution in [0.5, 0.6) is 0 Å². The number of rotatable bonds is 9. The Bertz CT molecular complexity index is 329. The average Bonchev–Trinajstić information content (AvgIpc) is 2.77. The summed E-state index contributed by atoms with van der Waals surface area (Å²) in [6.45, 7) is 8.48. The van der Waals surface area contributed by atoms with Gasteiger partial charge in [0, 0.05) is 24.5 Å². The topological polar surface area (TPSA) is 35.5 Å². The molecule has 104 valence electrons. The second-order valence-corrected chi connectivity index (χ2v) is 6.10. The van der Waals surface area contributed by atoms with Crippen molar-refractivity contribution < 1.29 is 5.11 Å². The number of hydrogen-bond donors (Lipinski definition) is 2. The minimum absolute atomic E-state index is 0.295. The number of thiophene rings is 1. The third-order valence-corrected chi connectivity index (χ3v) is 4.21. The quantitative estimate of drug-likeness (QED) is 0.685. The molecule has 0 aliphatic carbocycles. The van der Waals surface area contributed by atoms with E-state index in [1.165, 1.54) is 4.88 Å². The zero-order chi connectivity index (χ0) is 13.4. The molecule has 1 unspecified atom stereocenters. The van der Waals surface area contributed by atoms with E-state index in [1.807, 2.05) is 6.07 Å². The van der Waals surface area contributed by atoms with Crippen LogP contribution in [0.4, 0.5) is 0 Å². The van der Waals surface area contributed by atoms with Crippen LogP contribution in [0, 0.1) is 0 Å². The van der Waals surface area contributed by atoms with Crippen LogP contribution in [-0.4, -0.2) is 48.8 Å². The molecule has 18 heavy (non-hydrogen) atoms. The second kappa shape index (κ2) is 8.88. The molecule has 1 atom stereocenters. The van der Waals surface area contributed by atoms with Crippen molar-refractivity contribution >= 4 is 22.9 Å². The van der Waals surface area contributed by atoms with Gasteiger partial charge in [0.1, 0.15) is 0 Å². The zero-order valence-electron chi connectivity index (χ0n) is 11.2. The minimum atomic E-state index is -0.295. The van der Waals surface area contributed by atoms with E-state index in [4.69, 9.17) is 11.6 Å². The van der Waals surface area contributed by atoms with Crippen molar-refractivity contribution in [2.45, 2.75) is 26.4 Å². The van der Waals surface area contributed by atoms with Crippen LogP contribution < -0.4 is 5.32 Å². The smallest absolute Gasteiger partial charge is 0.0931 e. The molecule has 3 nitrogen and oxygen atoms in total. The normalized spacial score (nSPS) is 13.2. The summed E-state index contributed by atoms with van der Waals surface area (Å²) in [5.41, 5.74) is 0. The van der Waals surface area contributed by atoms with Crippen LogP contribution in [-0.2, 0) is 6.42 Å². The molecule has 0 radical (unpaired) electrons. The van der Waals surface area contributed by atoms with Gasteiger partial charge in [-0.1, -0.05) is 25.4 Å². The second-order valence-electron chi connectivity index (χ2n) is 4.30. The molecule has 0 aliphatic heterocycles. The van der Waals surface area contributed by atoms with E-state index in [-0.39, 0.29) is 6.10 Å². The maximum atomic E-state index is 9.86. The first-order valence-corrected chi connectivity index (χ1v) is 7.70. The van der Waals surface area contributed by atoms with Crippen molar-refractivity contribution in [1.82, 2.24) is 10.2 Å². The first-order valence-electron chi connectivity index (χ1n) is 6.51. The molecule has 0 saturated heterocycles. The monoisotopic (exact) mass is 290 g/mol. The fourth-order valence-electron chi connectivity index (χ4n) is 1.81. The van der Waals surface area contributed by atoms with Crippen molar-refractivity contribution in [3.63, 3.8) is 0 Å². The Morgan fingerprint density at radius 3 is 2.67 bits per heavy atom. The lowest BCUT2D eigenvalue weighted by Crippen LogP contribution is -2.38. The SMILES string of the molecule is CCN(CC)CC(O)CNCCc1ccc(Cl)s1. The Labute approximate surface area is 119 Å². The summed E-state index contributed by atoms with van der Waals surface area (Å²) < 4.78 is 0.839. The number of aliphatic hydroxyl groups excluding tert-OH is 1. The molecular weight excluding hydrogens is 268 g/mol. The minimum Gasteiger partial charge on any atom is -0.390 e. The standard InChI is InChI=1S/C13H23ClN2OS/c1-3-16(4-2)10-11(17)9-15-8-7-12-5-6-13(14)18-12/h5-6,11,15,17H,3-4,7-10H2,1-2H3. The van der Waals surface area contributed by atoms with E-state index in [9.17, 15) is 5.11 Å². The van der Waals surface area contributed by atoms with Crippen LogP contribution >= 0.6 is 22.9 Å². The first-order chi connectivity index (χ1) is 8.65. The van der Waals surface area contributed by atoms with E-state index in [0.717, 1.165) is 36.9 Å². The van der Waals surface area contributed by atoms with E-state index in [1.54, 1.807) is 11.3 Å². The number of likely N-dealkylation sites (N-methyl/N-ethyl adjacent to an activating group) is 1. The highest BCUT2D eigenvalue weighted by molar-refractivity contribution is 7.16. The van der Waals surface area contributed by atoms with Gasteiger partial charge in [-0.05, 0) is 31.6 Å². The van der Waals surface area contributed by atoms with Crippen LogP contribution in [0.25, 0.3) is 0 Å². The molecule has 0 amide bonds. The van der Waals surface area contributed by atoms with Gasteiger partial charge in [-0.2, -0.15) is 0 Å². The summed E-state index contributed by atoms with van der Waals surface area (Å²) in [4.78, 5) is 3.51. The molecule has 1 heterocycles. The van der Waals surface area contributed by atoms with Crippen molar-refractivity contribution in [3.05, 3.63) is 21.3 Å². The molecule has 0 saturated carbocycles. The Kier molecular flexibility index (Phi) is 7.86. The lowest BCUT2D eigenvalue weighted by molar-refractivity contribution is 0.117. The molecule has 0 spiro atoms. The molecular formula is C13H23ClN2OS. The molecule has 1 rings (SSSR count). The molecule has 1 aromatic heterocycles. The van der Waals surface area contributed by atoms with E-state index < -0.39 is 0 Å². The average molecular weight is 291 g/mol. The van der Waals surface area contributed by atoms with Crippen molar-refractivity contribution in [2.24, 2.45) is 0 Å². The molecule has 0 fully saturated rings. The molecule has 0 aliphatic rings. The number of halogens is 1. The molecule has 5 heteroatoms. The highest BCUT2D eigenvalue weighted by atomic mass is 35.5. The van der Waals surface area contributed by atoms with Gasteiger partial charge in [-0.3, -0.25) is 0 Å². The van der Waals surface area contributed by atoms with Crippen LogP contribution in [0.3, 0.4) is 0 Å². The fourth-order valence-corrected chi connectivity index (χ4v) is 2.90. The van der Waals surface area contributed by atoms with E-state index in [0.29, 0.717) is 6.54 Å². The third kappa shape index (κ3) is 6.16. The Hall–Kier alpha value is -0.130. The van der Waals surface area contributed by atoms with Crippen molar-refractivity contribution in [2.75, 3.05) is 32.7 Å². The lowest BCUT2D eigenvalue weighted by Gasteiger charge is -2.22. The number of aliphatic hydroxyl groups is 1. The van der Waals surface area contributed by atoms with Crippen LogP contribution in [0.1, 0.15) is 18.7 Å². The predicted octanol–water partition coefficient (Wildman–Crippen LogP) is 2.24. The van der Waals surface area contributed by atoms with Gasteiger partial charge in [-0.25, -0.2) is 0 Å². The highest BCUT2D eigenvalue weighted by Gasteiger charge is 2.08. The van der Waals surface area contributed by atoms with Gasteiger partial charge in [0.25, 0.3) is 0 Å². The molecule has 0 aromatic carbocycles. The van der Waals surface area contributed by atoms with Gasteiger partial charge in [0.15, 0.2) is 0 Å². The highest BCUT2D eigenvalue weighted by Crippen LogP contribution is 2.21. The van der Waals surface area contributed by atoms with Crippen LogP contribution in [0.15, 0.2) is 12.1 Å². The Morgan fingerprint density at radius 2 is 2.11 bits per heavy atom. The summed E-state index contributed by atoms with van der Waals surface area (Å²) >= 11 is 7.48. The summed E-state index contributed by atoms with van der Waals surface area (Å²) in [7, 11) is 0. The van der Waals surface area contributed by atoms with Crippen molar-refractivity contribution in [3.8, 4) is 0 Å². The maximum Gasteiger partial charge on any atom is 0.0931 e. The maximum absolute atomic E-state index is 9.86. The molecule has 1 aromatic rings. The van der Waals surface area contributed by atoms with Gasteiger partial charge >= 0.3 is 0 Å². The summed E-state index contributed by atoms with van der Waals surface area (Å²) in [5, 5.41) is 13.1.